The van der Waals surface area contributed by atoms with E-state index < -0.39 is 40.3 Å². The average molecular weight is 755 g/mol. The van der Waals surface area contributed by atoms with Gasteiger partial charge < -0.3 is 30.8 Å². The zero-order chi connectivity index (χ0) is 38.2. The number of nitrogens with one attached hydrogen (secondary N) is 4. The second kappa shape index (κ2) is 20.5. The van der Waals surface area contributed by atoms with Crippen molar-refractivity contribution >= 4 is 53.1 Å². The summed E-state index contributed by atoms with van der Waals surface area (Å²) in [5.74, 6) is -2.35. The number of thioether (sulfide) groups is 1. The molecule has 2 aliphatic heterocycles. The fourth-order valence-electron chi connectivity index (χ4n) is 6.26. The summed E-state index contributed by atoms with van der Waals surface area (Å²) in [6.45, 7) is 4.51. The first-order valence-corrected chi connectivity index (χ1v) is 19.2. The molecule has 3 atom stereocenters. The van der Waals surface area contributed by atoms with Crippen molar-refractivity contribution in [2.24, 2.45) is 0 Å². The highest BCUT2D eigenvalue weighted by molar-refractivity contribution is 8.01. The maximum atomic E-state index is 13.4. The highest BCUT2D eigenvalue weighted by Crippen LogP contribution is 2.46. The molecule has 288 valence electrons. The zero-order valence-electron chi connectivity index (χ0n) is 30.3. The van der Waals surface area contributed by atoms with E-state index in [1.54, 1.807) is 11.0 Å². The molecule has 2 saturated heterocycles. The summed E-state index contributed by atoms with van der Waals surface area (Å²) >= 11 is 1.48. The molecule has 16 nitrogen and oxygen atoms in total. The number of nitrogen functional groups attached to an aromatic ring is 1. The number of ketones is 2. The fraction of sp³-hybridized carbons (Fsp3) is 0.556. The van der Waals surface area contributed by atoms with E-state index in [0.29, 0.717) is 43.7 Å². The van der Waals surface area contributed by atoms with E-state index in [1.165, 1.54) is 18.0 Å². The predicted octanol–water partition coefficient (Wildman–Crippen LogP) is 3.40. The topological polar surface area (TPSA) is 224 Å². The van der Waals surface area contributed by atoms with E-state index in [-0.39, 0.29) is 50.4 Å². The van der Waals surface area contributed by atoms with E-state index >= 15 is 0 Å². The van der Waals surface area contributed by atoms with Gasteiger partial charge in [0.25, 0.3) is 5.91 Å². The summed E-state index contributed by atoms with van der Waals surface area (Å²) in [7, 11) is 0. The monoisotopic (exact) mass is 754 g/mol. The highest BCUT2D eigenvalue weighted by atomic mass is 32.2. The average Bonchev–Trinajstić information content (AvgIpc) is 3.65. The van der Waals surface area contributed by atoms with Gasteiger partial charge in [-0.1, -0.05) is 69.4 Å². The van der Waals surface area contributed by atoms with Crippen LogP contribution in [-0.2, 0) is 42.0 Å². The molecule has 0 saturated carbocycles. The van der Waals surface area contributed by atoms with Crippen LogP contribution in [0.2, 0.25) is 0 Å². The highest BCUT2D eigenvalue weighted by Gasteiger charge is 2.58. The number of fused-ring (bicyclic) bond motifs is 1. The number of hydrogen-bond acceptors (Lipinski definition) is 13. The SMILES string of the molecule is CCCCCC(=O)C(=O)NNOC(=O)CCCC[C@@]1(NC(=O)C(=O)CCCCC)SC[C@H]2NC(=O)N(Cc3ccc(COc4ccnc(N)n4)cc3)[C@H]21. The van der Waals surface area contributed by atoms with Crippen molar-refractivity contribution in [1.29, 1.82) is 0 Å². The minimum atomic E-state index is -0.997. The number of hydrazine groups is 1. The lowest BCUT2D eigenvalue weighted by molar-refractivity contribution is -0.157. The van der Waals surface area contributed by atoms with Crippen LogP contribution in [0.3, 0.4) is 0 Å². The molecular formula is C36H50N8O8S. The lowest BCUT2D eigenvalue weighted by Crippen LogP contribution is -2.59. The normalized spacial score (nSPS) is 18.9. The standard InChI is InChI=1S/C36H50N8O8S/c1-3-5-7-11-27(45)32(48)41-36(19-10-9-13-30(47)52-43-42-33(49)28(46)12-8-6-4-2)31-26(23-53-36)39-35(50)44(31)21-24-14-16-25(17-15-24)22-51-29-18-20-38-34(37)40-29/h14-18,20,26,31,43H,3-13,19,21-23H2,1-2H3,(H,39,50)(H,41,48)(H,42,49)(H2,37,38,40)/t26-,31-,36-/m1/s1. The van der Waals surface area contributed by atoms with Gasteiger partial charge in [0.1, 0.15) is 11.5 Å². The second-order valence-corrected chi connectivity index (χ2v) is 14.5. The Morgan fingerprint density at radius 2 is 1.58 bits per heavy atom. The molecule has 53 heavy (non-hydrogen) atoms. The maximum Gasteiger partial charge on any atom is 0.327 e. The number of unbranched alkanes of at least 4 members (excludes halogenated alkanes) is 5. The lowest BCUT2D eigenvalue weighted by atomic mass is 9.94. The number of hydrogen-bond donors (Lipinski definition) is 5. The zero-order valence-corrected chi connectivity index (χ0v) is 31.1. The van der Waals surface area contributed by atoms with Gasteiger partial charge in [0.15, 0.2) is 0 Å². The number of anilines is 1. The van der Waals surface area contributed by atoms with Crippen molar-refractivity contribution < 1.29 is 38.3 Å². The van der Waals surface area contributed by atoms with E-state index in [9.17, 15) is 28.8 Å². The number of carbonyl (C=O) groups excluding carboxylic acids is 6. The molecule has 2 aliphatic rings. The molecule has 2 fully saturated rings. The van der Waals surface area contributed by atoms with Crippen LogP contribution in [0, 0.1) is 0 Å². The molecule has 0 unspecified atom stereocenters. The number of aromatic nitrogens is 2. The Labute approximate surface area is 313 Å². The van der Waals surface area contributed by atoms with E-state index in [0.717, 1.165) is 36.8 Å². The number of amides is 4. The van der Waals surface area contributed by atoms with E-state index in [1.807, 2.05) is 38.1 Å². The summed E-state index contributed by atoms with van der Waals surface area (Å²) in [6.07, 6.45) is 7.62. The molecule has 4 amide bonds. The van der Waals surface area contributed by atoms with Crippen molar-refractivity contribution in [3.63, 3.8) is 0 Å². The molecule has 0 spiro atoms. The third-order valence-electron chi connectivity index (χ3n) is 9.05. The van der Waals surface area contributed by atoms with Crippen LogP contribution in [0.25, 0.3) is 0 Å². The summed E-state index contributed by atoms with van der Waals surface area (Å²) in [6, 6.07) is 8.17. The Morgan fingerprint density at radius 3 is 2.26 bits per heavy atom. The molecule has 3 heterocycles. The third-order valence-corrected chi connectivity index (χ3v) is 10.6. The minimum Gasteiger partial charge on any atom is -0.473 e. The minimum absolute atomic E-state index is 0.0202. The summed E-state index contributed by atoms with van der Waals surface area (Å²) in [5.41, 5.74) is 11.5. The van der Waals surface area contributed by atoms with Gasteiger partial charge in [0.05, 0.1) is 12.1 Å². The number of urea groups is 1. The number of nitrogens with zero attached hydrogens (tertiary/aromatic N) is 3. The van der Waals surface area contributed by atoms with Gasteiger partial charge in [-0.15, -0.1) is 11.8 Å². The van der Waals surface area contributed by atoms with E-state index in [2.05, 4.69) is 31.6 Å². The Kier molecular flexibility index (Phi) is 15.8. The fourth-order valence-corrected chi connectivity index (χ4v) is 7.92. The maximum absolute atomic E-state index is 13.4. The van der Waals surface area contributed by atoms with Crippen LogP contribution in [0.1, 0.15) is 102 Å². The third kappa shape index (κ3) is 12.1. The van der Waals surface area contributed by atoms with Gasteiger partial charge in [0.2, 0.25) is 23.4 Å². The van der Waals surface area contributed by atoms with Crippen LogP contribution in [0.15, 0.2) is 36.5 Å². The van der Waals surface area contributed by atoms with Crippen LogP contribution in [0.4, 0.5) is 10.7 Å². The Morgan fingerprint density at radius 1 is 0.925 bits per heavy atom. The van der Waals surface area contributed by atoms with Gasteiger partial charge in [-0.3, -0.25) is 29.4 Å². The molecule has 1 aromatic heterocycles. The van der Waals surface area contributed by atoms with Gasteiger partial charge in [-0.05, 0) is 43.2 Å². The summed E-state index contributed by atoms with van der Waals surface area (Å²) in [5, 5.41) is 6.08. The van der Waals surface area contributed by atoms with Crippen molar-refractivity contribution in [2.45, 2.75) is 121 Å². The number of benzene rings is 1. The number of nitrogens with two attached hydrogens (primary N) is 1. The Balaban J connectivity index is 1.37. The summed E-state index contributed by atoms with van der Waals surface area (Å²) < 4.78 is 5.71. The summed E-state index contributed by atoms with van der Waals surface area (Å²) in [4.78, 5) is 89.2. The van der Waals surface area contributed by atoms with Gasteiger partial charge in [-0.25, -0.2) is 9.78 Å². The molecule has 4 rings (SSSR count). The van der Waals surface area contributed by atoms with Gasteiger partial charge >= 0.3 is 17.9 Å². The molecule has 2 aromatic rings. The molecule has 6 N–H and O–H groups in total. The first-order valence-electron chi connectivity index (χ1n) is 18.2. The van der Waals surface area contributed by atoms with Gasteiger partial charge in [0, 0.05) is 43.8 Å². The van der Waals surface area contributed by atoms with Gasteiger partial charge in [-0.2, -0.15) is 4.98 Å². The van der Waals surface area contributed by atoms with Crippen LogP contribution in [-0.4, -0.2) is 73.0 Å². The molecule has 0 bridgehead atoms. The largest absolute Gasteiger partial charge is 0.473 e. The molecule has 0 aliphatic carbocycles. The van der Waals surface area contributed by atoms with Crippen molar-refractivity contribution in [1.82, 2.24) is 36.5 Å². The molecule has 0 radical (unpaired) electrons. The number of ether oxygens (including phenoxy) is 1. The Bertz CT molecular complexity index is 1600. The second-order valence-electron chi connectivity index (χ2n) is 13.1. The number of carbonyl (C=O) groups is 6. The smallest absolute Gasteiger partial charge is 0.327 e. The quantitative estimate of drug-likeness (QED) is 0.0476. The first kappa shape index (κ1) is 41.0. The predicted molar refractivity (Wildman–Crippen MR) is 196 cm³/mol. The van der Waals surface area contributed by atoms with Crippen molar-refractivity contribution in [3.05, 3.63) is 47.7 Å². The van der Waals surface area contributed by atoms with Crippen LogP contribution >= 0.6 is 11.8 Å². The van der Waals surface area contributed by atoms with Crippen LogP contribution < -0.4 is 32.1 Å². The number of rotatable bonds is 23. The van der Waals surface area contributed by atoms with E-state index in [4.69, 9.17) is 15.3 Å². The van der Waals surface area contributed by atoms with Crippen molar-refractivity contribution in [3.8, 4) is 5.88 Å². The number of Topliss-reactive ketones (excluding diaryl/α,β-unsaturated/α-hetero) is 2. The Hall–Kier alpha value is -4.77. The first-order chi connectivity index (χ1) is 25.5. The van der Waals surface area contributed by atoms with Crippen molar-refractivity contribution in [2.75, 3.05) is 11.5 Å². The lowest BCUT2D eigenvalue weighted by Gasteiger charge is -2.39. The molecular weight excluding hydrogens is 705 g/mol. The molecule has 1 aromatic carbocycles. The molecule has 17 heteroatoms. The van der Waals surface area contributed by atoms with Crippen LogP contribution in [0.5, 0.6) is 5.88 Å².